The fourth-order valence-corrected chi connectivity index (χ4v) is 2.00. The van der Waals surface area contributed by atoms with Gasteiger partial charge in [0.1, 0.15) is 5.56 Å². The van der Waals surface area contributed by atoms with E-state index >= 15 is 0 Å². The van der Waals surface area contributed by atoms with Gasteiger partial charge in [-0.1, -0.05) is 31.1 Å². The molecule has 2 aromatic rings. The van der Waals surface area contributed by atoms with Crippen LogP contribution in [0.25, 0.3) is 0 Å². The number of carbonyl (C=O) groups excluding carboxylic acids is 1. The maximum atomic E-state index is 12.3. The molecule has 0 radical (unpaired) electrons. The van der Waals surface area contributed by atoms with Gasteiger partial charge in [0.15, 0.2) is 5.76 Å². The number of aromatic nitrogens is 1. The quantitative estimate of drug-likeness (QED) is 0.899. The molecule has 0 unspecified atom stereocenters. The van der Waals surface area contributed by atoms with Gasteiger partial charge in [0.2, 0.25) is 0 Å². The van der Waals surface area contributed by atoms with E-state index in [1.54, 1.807) is 31.2 Å². The number of nitrogens with zero attached hydrogens (tertiary/aromatic N) is 1. The third-order valence-corrected chi connectivity index (χ3v) is 3.01. The molecule has 0 saturated carbocycles. The second-order valence-electron chi connectivity index (χ2n) is 4.97. The highest BCUT2D eigenvalue weighted by Gasteiger charge is 2.22. The fraction of sp³-hybridized carbons (Fsp3) is 0.333. The maximum absolute atomic E-state index is 12.3. The predicted octanol–water partition coefficient (Wildman–Crippen LogP) is 2.85. The number of rotatable bonds is 4. The second kappa shape index (κ2) is 5.88. The average molecular weight is 274 g/mol. The first kappa shape index (κ1) is 14.3. The van der Waals surface area contributed by atoms with E-state index in [4.69, 9.17) is 9.63 Å². The van der Waals surface area contributed by atoms with Crippen molar-refractivity contribution in [2.45, 2.75) is 33.3 Å². The molecule has 2 N–H and O–H groups in total. The standard InChI is InChI=1S/C15H18N2O3/c1-9(2)14-13(10(3)17-20-14)15(19)16-12-6-4-5-11(7-12)8-18/h4-7,9,18H,8H2,1-3H3,(H,16,19). The first-order chi connectivity index (χ1) is 9.52. The molecule has 20 heavy (non-hydrogen) atoms. The first-order valence-corrected chi connectivity index (χ1v) is 6.50. The molecular formula is C15H18N2O3. The van der Waals surface area contributed by atoms with Crippen LogP contribution in [0.3, 0.4) is 0 Å². The Balaban J connectivity index is 2.26. The Morgan fingerprint density at radius 3 is 2.85 bits per heavy atom. The molecule has 0 bridgehead atoms. The largest absolute Gasteiger partial charge is 0.392 e. The normalized spacial score (nSPS) is 10.8. The molecule has 0 spiro atoms. The molecule has 106 valence electrons. The Hall–Kier alpha value is -2.14. The minimum absolute atomic E-state index is 0.0623. The SMILES string of the molecule is Cc1noc(C(C)C)c1C(=O)Nc1cccc(CO)c1. The topological polar surface area (TPSA) is 75.4 Å². The summed E-state index contributed by atoms with van der Waals surface area (Å²) in [7, 11) is 0. The number of aryl methyl sites for hydroxylation is 1. The number of hydrogen-bond donors (Lipinski definition) is 2. The second-order valence-corrected chi connectivity index (χ2v) is 4.97. The molecule has 0 aliphatic carbocycles. The van der Waals surface area contributed by atoms with Gasteiger partial charge >= 0.3 is 0 Å². The third-order valence-electron chi connectivity index (χ3n) is 3.01. The van der Waals surface area contributed by atoms with Crippen LogP contribution in [0.5, 0.6) is 0 Å². The van der Waals surface area contributed by atoms with Crippen LogP contribution in [0.4, 0.5) is 5.69 Å². The van der Waals surface area contributed by atoms with Crippen LogP contribution in [0, 0.1) is 6.92 Å². The molecule has 0 saturated heterocycles. The van der Waals surface area contributed by atoms with Crippen molar-refractivity contribution in [2.75, 3.05) is 5.32 Å². The lowest BCUT2D eigenvalue weighted by molar-refractivity contribution is 0.102. The first-order valence-electron chi connectivity index (χ1n) is 6.50. The Morgan fingerprint density at radius 1 is 1.45 bits per heavy atom. The van der Waals surface area contributed by atoms with E-state index in [0.29, 0.717) is 22.7 Å². The van der Waals surface area contributed by atoms with Crippen LogP contribution in [-0.2, 0) is 6.61 Å². The highest BCUT2D eigenvalue weighted by atomic mass is 16.5. The fourth-order valence-electron chi connectivity index (χ4n) is 2.00. The van der Waals surface area contributed by atoms with Gasteiger partial charge in [0.05, 0.1) is 12.3 Å². The van der Waals surface area contributed by atoms with Gasteiger partial charge in [0.25, 0.3) is 5.91 Å². The van der Waals surface area contributed by atoms with E-state index in [1.807, 2.05) is 13.8 Å². The zero-order valence-electron chi connectivity index (χ0n) is 11.8. The van der Waals surface area contributed by atoms with Crippen LogP contribution < -0.4 is 5.32 Å². The third kappa shape index (κ3) is 2.88. The van der Waals surface area contributed by atoms with E-state index in [9.17, 15) is 4.79 Å². The molecule has 1 aromatic heterocycles. The summed E-state index contributed by atoms with van der Waals surface area (Å²) in [6.07, 6.45) is 0. The smallest absolute Gasteiger partial charge is 0.261 e. The molecule has 0 atom stereocenters. The molecule has 1 aromatic carbocycles. The summed E-state index contributed by atoms with van der Waals surface area (Å²) in [4.78, 5) is 12.3. The number of aliphatic hydroxyl groups excluding tert-OH is 1. The summed E-state index contributed by atoms with van der Waals surface area (Å²) in [6, 6.07) is 7.08. The zero-order chi connectivity index (χ0) is 14.7. The van der Waals surface area contributed by atoms with Crippen molar-refractivity contribution in [3.63, 3.8) is 0 Å². The summed E-state index contributed by atoms with van der Waals surface area (Å²) in [5.41, 5.74) is 2.43. The predicted molar refractivity (Wildman–Crippen MR) is 75.6 cm³/mol. The summed E-state index contributed by atoms with van der Waals surface area (Å²) in [5, 5.41) is 15.8. The molecule has 5 nitrogen and oxygen atoms in total. The molecule has 5 heteroatoms. The van der Waals surface area contributed by atoms with Gasteiger partial charge in [-0.05, 0) is 24.6 Å². The highest BCUT2D eigenvalue weighted by molar-refractivity contribution is 6.05. The number of anilines is 1. The van der Waals surface area contributed by atoms with Crippen molar-refractivity contribution in [3.05, 3.63) is 46.8 Å². The average Bonchev–Trinajstić information content (AvgIpc) is 2.81. The molecule has 0 aliphatic heterocycles. The van der Waals surface area contributed by atoms with Gasteiger partial charge in [-0.25, -0.2) is 0 Å². The summed E-state index contributed by atoms with van der Waals surface area (Å²) >= 11 is 0. The van der Waals surface area contributed by atoms with Crippen molar-refractivity contribution >= 4 is 11.6 Å². The minimum Gasteiger partial charge on any atom is -0.392 e. The molecule has 0 aliphatic rings. The molecule has 1 heterocycles. The Kier molecular flexibility index (Phi) is 4.20. The van der Waals surface area contributed by atoms with Gasteiger partial charge in [-0.15, -0.1) is 0 Å². The van der Waals surface area contributed by atoms with Crippen LogP contribution in [0.1, 0.15) is 47.1 Å². The molecular weight excluding hydrogens is 256 g/mol. The minimum atomic E-state index is -0.248. The Labute approximate surface area is 117 Å². The number of nitrogens with one attached hydrogen (secondary N) is 1. The van der Waals surface area contributed by atoms with Crippen molar-refractivity contribution in [2.24, 2.45) is 0 Å². The number of amides is 1. The van der Waals surface area contributed by atoms with Crippen molar-refractivity contribution in [1.82, 2.24) is 5.16 Å². The molecule has 0 fully saturated rings. The lowest BCUT2D eigenvalue weighted by atomic mass is 10.0. The van der Waals surface area contributed by atoms with Gasteiger partial charge in [0, 0.05) is 11.6 Å². The Bertz CT molecular complexity index is 617. The Morgan fingerprint density at radius 2 is 2.20 bits per heavy atom. The number of aliphatic hydroxyl groups is 1. The van der Waals surface area contributed by atoms with Crippen molar-refractivity contribution < 1.29 is 14.4 Å². The molecule has 1 amide bonds. The lowest BCUT2D eigenvalue weighted by Crippen LogP contribution is -2.15. The number of carbonyl (C=O) groups is 1. The van der Waals surface area contributed by atoms with Crippen LogP contribution >= 0.6 is 0 Å². The van der Waals surface area contributed by atoms with E-state index in [-0.39, 0.29) is 18.4 Å². The van der Waals surface area contributed by atoms with E-state index in [1.165, 1.54) is 0 Å². The van der Waals surface area contributed by atoms with E-state index in [2.05, 4.69) is 10.5 Å². The summed E-state index contributed by atoms with van der Waals surface area (Å²) in [6.45, 7) is 5.58. The maximum Gasteiger partial charge on any atom is 0.261 e. The number of hydrogen-bond acceptors (Lipinski definition) is 4. The van der Waals surface area contributed by atoms with E-state index < -0.39 is 0 Å². The number of benzene rings is 1. The summed E-state index contributed by atoms with van der Waals surface area (Å²) in [5.74, 6) is 0.418. The highest BCUT2D eigenvalue weighted by Crippen LogP contribution is 2.23. The van der Waals surface area contributed by atoms with Gasteiger partial charge < -0.3 is 14.9 Å². The zero-order valence-corrected chi connectivity index (χ0v) is 11.8. The monoisotopic (exact) mass is 274 g/mol. The lowest BCUT2D eigenvalue weighted by Gasteiger charge is -2.08. The van der Waals surface area contributed by atoms with Gasteiger partial charge in [-0.3, -0.25) is 4.79 Å². The van der Waals surface area contributed by atoms with Crippen LogP contribution in [0.15, 0.2) is 28.8 Å². The summed E-state index contributed by atoms with van der Waals surface area (Å²) < 4.78 is 5.21. The molecule has 2 rings (SSSR count). The van der Waals surface area contributed by atoms with Crippen molar-refractivity contribution in [3.8, 4) is 0 Å². The van der Waals surface area contributed by atoms with Crippen LogP contribution in [0.2, 0.25) is 0 Å². The van der Waals surface area contributed by atoms with Gasteiger partial charge in [-0.2, -0.15) is 0 Å². The van der Waals surface area contributed by atoms with Crippen LogP contribution in [-0.4, -0.2) is 16.2 Å². The van der Waals surface area contributed by atoms with E-state index in [0.717, 1.165) is 5.56 Å². The van der Waals surface area contributed by atoms with Crippen molar-refractivity contribution in [1.29, 1.82) is 0 Å².